The Morgan fingerprint density at radius 3 is 2.49 bits per heavy atom. The zero-order chi connectivity index (χ0) is 25.5. The highest BCUT2D eigenvalue weighted by Crippen LogP contribution is 2.25. The van der Waals surface area contributed by atoms with E-state index >= 15 is 0 Å². The van der Waals surface area contributed by atoms with Crippen LogP contribution in [0.3, 0.4) is 0 Å². The second-order valence-electron chi connectivity index (χ2n) is 8.62. The van der Waals surface area contributed by atoms with Crippen LogP contribution in [0.15, 0.2) is 30.3 Å². The van der Waals surface area contributed by atoms with E-state index < -0.39 is 47.9 Å². The number of carbonyl (C=O) groups is 5. The molecule has 11 heteroatoms. The average Bonchev–Trinajstić information content (AvgIpc) is 3.00. The zero-order valence-corrected chi connectivity index (χ0v) is 20.2. The Balaban J connectivity index is 1.81. The quantitative estimate of drug-likeness (QED) is 0.506. The number of amides is 4. The van der Waals surface area contributed by atoms with Crippen molar-refractivity contribution in [3.8, 4) is 0 Å². The van der Waals surface area contributed by atoms with Crippen LogP contribution in [0.2, 0.25) is 0 Å². The van der Waals surface area contributed by atoms with E-state index in [1.165, 1.54) is 24.2 Å². The van der Waals surface area contributed by atoms with Gasteiger partial charge in [0.2, 0.25) is 11.8 Å². The van der Waals surface area contributed by atoms with Crippen LogP contribution in [0.1, 0.15) is 49.4 Å². The topological polar surface area (TPSA) is 134 Å². The van der Waals surface area contributed by atoms with Crippen molar-refractivity contribution in [3.05, 3.63) is 35.9 Å². The first-order valence-corrected chi connectivity index (χ1v) is 11.7. The van der Waals surface area contributed by atoms with Gasteiger partial charge < -0.3 is 20.1 Å². The van der Waals surface area contributed by atoms with E-state index in [1.807, 2.05) is 0 Å². The van der Waals surface area contributed by atoms with Gasteiger partial charge in [-0.1, -0.05) is 18.2 Å². The first-order chi connectivity index (χ1) is 16.8. The first-order valence-electron chi connectivity index (χ1n) is 11.7. The molecule has 0 aromatic heterocycles. The van der Waals surface area contributed by atoms with Gasteiger partial charge in [-0.25, -0.2) is 5.01 Å². The van der Waals surface area contributed by atoms with Crippen molar-refractivity contribution >= 4 is 29.6 Å². The summed E-state index contributed by atoms with van der Waals surface area (Å²) >= 11 is 0. The molecule has 0 bridgehead atoms. The van der Waals surface area contributed by atoms with Gasteiger partial charge in [0, 0.05) is 25.6 Å². The van der Waals surface area contributed by atoms with Gasteiger partial charge in [0.1, 0.15) is 12.1 Å². The minimum Gasteiger partial charge on any atom is -0.469 e. The standard InChI is InChI=1S/C24H32N4O7/c1-15(34-2)18(14-21(30)35-3)26-23(32)19-10-7-13-27-20(29)12-11-17(24(33)28(19)27)25-22(31)16-8-5-4-6-9-16/h4-6,8-9,15,17-19H,7,10-14H2,1-3H3,(H,25,31)(H,26,32). The first kappa shape index (κ1) is 26.1. The number of hydrazine groups is 1. The number of benzene rings is 1. The molecule has 2 aliphatic rings. The molecule has 1 aromatic rings. The molecular formula is C24H32N4O7. The Hall–Kier alpha value is -3.47. The summed E-state index contributed by atoms with van der Waals surface area (Å²) in [6.07, 6.45) is 0.419. The Labute approximate surface area is 204 Å². The van der Waals surface area contributed by atoms with E-state index in [-0.39, 0.29) is 25.2 Å². The number of hydrogen-bond acceptors (Lipinski definition) is 7. The van der Waals surface area contributed by atoms with Crippen molar-refractivity contribution in [3.63, 3.8) is 0 Å². The number of esters is 1. The molecule has 0 radical (unpaired) electrons. The van der Waals surface area contributed by atoms with E-state index in [4.69, 9.17) is 9.47 Å². The van der Waals surface area contributed by atoms with Gasteiger partial charge in [0.05, 0.1) is 25.7 Å². The SMILES string of the molecule is COC(=O)CC(NC(=O)C1CCCN2C(=O)CCC(NC(=O)c3ccccc3)C(=O)N12)C(C)OC. The van der Waals surface area contributed by atoms with Crippen molar-refractivity contribution in [2.75, 3.05) is 20.8 Å². The van der Waals surface area contributed by atoms with Crippen molar-refractivity contribution in [1.29, 1.82) is 0 Å². The molecule has 2 heterocycles. The van der Waals surface area contributed by atoms with Crippen LogP contribution in [-0.4, -0.2) is 84.6 Å². The summed E-state index contributed by atoms with van der Waals surface area (Å²) < 4.78 is 10.0. The Morgan fingerprint density at radius 2 is 1.83 bits per heavy atom. The lowest BCUT2D eigenvalue weighted by Gasteiger charge is -2.43. The molecule has 2 saturated heterocycles. The summed E-state index contributed by atoms with van der Waals surface area (Å²) in [7, 11) is 2.71. The Kier molecular flexibility index (Phi) is 8.80. The van der Waals surface area contributed by atoms with Gasteiger partial charge >= 0.3 is 5.97 Å². The fourth-order valence-corrected chi connectivity index (χ4v) is 4.28. The van der Waals surface area contributed by atoms with E-state index in [0.29, 0.717) is 24.9 Å². The normalized spacial score (nSPS) is 21.9. The van der Waals surface area contributed by atoms with Gasteiger partial charge in [-0.2, -0.15) is 0 Å². The lowest BCUT2D eigenvalue weighted by molar-refractivity contribution is -0.176. The molecule has 190 valence electrons. The predicted molar refractivity (Wildman–Crippen MR) is 124 cm³/mol. The molecular weight excluding hydrogens is 456 g/mol. The Morgan fingerprint density at radius 1 is 1.11 bits per heavy atom. The maximum absolute atomic E-state index is 13.5. The van der Waals surface area contributed by atoms with Crippen LogP contribution in [0, 0.1) is 0 Å². The number of methoxy groups -OCH3 is 2. The number of ether oxygens (including phenoxy) is 2. The second kappa shape index (κ2) is 11.8. The van der Waals surface area contributed by atoms with Gasteiger partial charge in [0.15, 0.2) is 0 Å². The molecule has 0 saturated carbocycles. The minimum atomic E-state index is -0.973. The maximum Gasteiger partial charge on any atom is 0.307 e. The molecule has 4 atom stereocenters. The van der Waals surface area contributed by atoms with Crippen LogP contribution in [-0.2, 0) is 28.7 Å². The smallest absolute Gasteiger partial charge is 0.307 e. The molecule has 11 nitrogen and oxygen atoms in total. The van der Waals surface area contributed by atoms with E-state index in [0.717, 1.165) is 0 Å². The lowest BCUT2D eigenvalue weighted by atomic mass is 10.0. The monoisotopic (exact) mass is 488 g/mol. The fraction of sp³-hybridized carbons (Fsp3) is 0.542. The van der Waals surface area contributed by atoms with E-state index in [1.54, 1.807) is 37.3 Å². The van der Waals surface area contributed by atoms with Gasteiger partial charge in [-0.3, -0.25) is 29.0 Å². The summed E-state index contributed by atoms with van der Waals surface area (Å²) in [5.74, 6) is -2.28. The predicted octanol–water partition coefficient (Wildman–Crippen LogP) is 0.396. The average molecular weight is 489 g/mol. The summed E-state index contributed by atoms with van der Waals surface area (Å²) in [6, 6.07) is 5.83. The number of carbonyl (C=O) groups excluding carboxylic acids is 5. The Bertz CT molecular complexity index is 954. The summed E-state index contributed by atoms with van der Waals surface area (Å²) in [5, 5.41) is 7.99. The summed E-state index contributed by atoms with van der Waals surface area (Å²) in [5.41, 5.74) is 0.389. The van der Waals surface area contributed by atoms with E-state index in [9.17, 15) is 24.0 Å². The van der Waals surface area contributed by atoms with Crippen LogP contribution in [0.5, 0.6) is 0 Å². The largest absolute Gasteiger partial charge is 0.469 e. The third-order valence-corrected chi connectivity index (χ3v) is 6.39. The van der Waals surface area contributed by atoms with Crippen molar-refractivity contribution in [1.82, 2.24) is 20.7 Å². The molecule has 1 aromatic carbocycles. The van der Waals surface area contributed by atoms with Crippen molar-refractivity contribution < 1.29 is 33.4 Å². The molecule has 3 rings (SSSR count). The highest BCUT2D eigenvalue weighted by molar-refractivity contribution is 5.99. The molecule has 2 aliphatic heterocycles. The highest BCUT2D eigenvalue weighted by atomic mass is 16.5. The van der Waals surface area contributed by atoms with Gasteiger partial charge in [0.25, 0.3) is 11.8 Å². The molecule has 2 fully saturated rings. The number of nitrogens with one attached hydrogen (secondary N) is 2. The van der Waals surface area contributed by atoms with Crippen LogP contribution in [0.25, 0.3) is 0 Å². The number of rotatable bonds is 8. The van der Waals surface area contributed by atoms with Crippen LogP contribution < -0.4 is 10.6 Å². The third-order valence-electron chi connectivity index (χ3n) is 6.39. The summed E-state index contributed by atoms with van der Waals surface area (Å²) in [4.78, 5) is 64.2. The van der Waals surface area contributed by atoms with Crippen molar-refractivity contribution in [2.45, 2.75) is 63.3 Å². The maximum atomic E-state index is 13.5. The van der Waals surface area contributed by atoms with Crippen LogP contribution in [0.4, 0.5) is 0 Å². The van der Waals surface area contributed by atoms with Gasteiger partial charge in [-0.05, 0) is 38.3 Å². The fourth-order valence-electron chi connectivity index (χ4n) is 4.28. The van der Waals surface area contributed by atoms with Gasteiger partial charge in [-0.15, -0.1) is 0 Å². The third kappa shape index (κ3) is 6.16. The van der Waals surface area contributed by atoms with Crippen molar-refractivity contribution in [2.24, 2.45) is 0 Å². The zero-order valence-electron chi connectivity index (χ0n) is 20.2. The second-order valence-corrected chi connectivity index (χ2v) is 8.62. The minimum absolute atomic E-state index is 0.0575. The molecule has 0 aliphatic carbocycles. The molecule has 4 amide bonds. The lowest BCUT2D eigenvalue weighted by Crippen LogP contribution is -2.64. The molecule has 35 heavy (non-hydrogen) atoms. The molecule has 4 unspecified atom stereocenters. The van der Waals surface area contributed by atoms with Crippen LogP contribution >= 0.6 is 0 Å². The number of hydrogen-bond donors (Lipinski definition) is 2. The number of nitrogens with zero attached hydrogens (tertiary/aromatic N) is 2. The van der Waals surface area contributed by atoms with E-state index in [2.05, 4.69) is 10.6 Å². The molecule has 2 N–H and O–H groups in total. The number of fused-ring (bicyclic) bond motifs is 1. The highest BCUT2D eigenvalue weighted by Gasteiger charge is 2.45. The molecule has 0 spiro atoms. The summed E-state index contributed by atoms with van der Waals surface area (Å²) in [6.45, 7) is 2.00.